The fourth-order valence-corrected chi connectivity index (χ4v) is 1.65. The number of benzene rings is 1. The quantitative estimate of drug-likeness (QED) is 0.711. The summed E-state index contributed by atoms with van der Waals surface area (Å²) >= 11 is 3.43. The Labute approximate surface area is 78.3 Å². The van der Waals surface area contributed by atoms with Gasteiger partial charge >= 0.3 is 0 Å². The standard InChI is InChI=1S/C9H8BrNO/c1-5-6-4-9(12)11-8(6)3-2-7(5)10/h2-4,11-12H,1H3. The van der Waals surface area contributed by atoms with Crippen molar-refractivity contribution in [3.05, 3.63) is 28.2 Å². The lowest BCUT2D eigenvalue weighted by atomic mass is 10.1. The molecule has 0 atom stereocenters. The summed E-state index contributed by atoms with van der Waals surface area (Å²) in [6.07, 6.45) is 0. The maximum Gasteiger partial charge on any atom is 0.189 e. The van der Waals surface area contributed by atoms with Gasteiger partial charge in [-0.25, -0.2) is 0 Å². The topological polar surface area (TPSA) is 36.0 Å². The van der Waals surface area contributed by atoms with Gasteiger partial charge in [0.05, 0.1) is 0 Å². The maximum absolute atomic E-state index is 9.20. The van der Waals surface area contributed by atoms with E-state index in [9.17, 15) is 5.11 Å². The molecule has 1 aromatic carbocycles. The zero-order chi connectivity index (χ0) is 8.72. The molecule has 12 heavy (non-hydrogen) atoms. The molecule has 0 saturated carbocycles. The number of nitrogens with one attached hydrogen (secondary N) is 1. The monoisotopic (exact) mass is 225 g/mol. The Hall–Kier alpha value is -0.960. The molecule has 0 radical (unpaired) electrons. The van der Waals surface area contributed by atoms with Gasteiger partial charge in [0.25, 0.3) is 0 Å². The SMILES string of the molecule is Cc1c(Br)ccc2[nH]c(O)cc12. The van der Waals surface area contributed by atoms with E-state index in [0.29, 0.717) is 0 Å². The molecule has 2 N–H and O–H groups in total. The summed E-state index contributed by atoms with van der Waals surface area (Å²) in [6.45, 7) is 2.01. The molecule has 0 amide bonds. The van der Waals surface area contributed by atoms with E-state index in [1.54, 1.807) is 6.07 Å². The number of fused-ring (bicyclic) bond motifs is 1. The number of aromatic nitrogens is 1. The van der Waals surface area contributed by atoms with Gasteiger partial charge in [0.2, 0.25) is 0 Å². The molecular formula is C9H8BrNO. The van der Waals surface area contributed by atoms with Crippen molar-refractivity contribution in [3.63, 3.8) is 0 Å². The molecule has 1 aromatic heterocycles. The first kappa shape index (κ1) is 7.68. The largest absolute Gasteiger partial charge is 0.495 e. The third-order valence-corrected chi connectivity index (χ3v) is 2.85. The number of hydrogen-bond acceptors (Lipinski definition) is 1. The number of aromatic amines is 1. The summed E-state index contributed by atoms with van der Waals surface area (Å²) in [5.41, 5.74) is 2.11. The highest BCUT2D eigenvalue weighted by atomic mass is 79.9. The number of H-pyrrole nitrogens is 1. The van der Waals surface area contributed by atoms with Crippen LogP contribution in [-0.2, 0) is 0 Å². The number of aromatic hydroxyl groups is 1. The summed E-state index contributed by atoms with van der Waals surface area (Å²) in [4.78, 5) is 2.86. The van der Waals surface area contributed by atoms with E-state index in [2.05, 4.69) is 20.9 Å². The van der Waals surface area contributed by atoms with Crippen molar-refractivity contribution in [1.29, 1.82) is 0 Å². The fraction of sp³-hybridized carbons (Fsp3) is 0.111. The highest BCUT2D eigenvalue weighted by Crippen LogP contribution is 2.27. The highest BCUT2D eigenvalue weighted by Gasteiger charge is 2.03. The average molecular weight is 226 g/mol. The smallest absolute Gasteiger partial charge is 0.189 e. The molecule has 0 aliphatic carbocycles. The van der Waals surface area contributed by atoms with Crippen molar-refractivity contribution in [2.24, 2.45) is 0 Å². The predicted octanol–water partition coefficient (Wildman–Crippen LogP) is 2.94. The fourth-order valence-electron chi connectivity index (χ4n) is 1.31. The van der Waals surface area contributed by atoms with Crippen LogP contribution >= 0.6 is 15.9 Å². The first-order valence-electron chi connectivity index (χ1n) is 3.65. The van der Waals surface area contributed by atoms with Gasteiger partial charge in [-0.15, -0.1) is 0 Å². The Morgan fingerprint density at radius 2 is 2.17 bits per heavy atom. The van der Waals surface area contributed by atoms with Crippen LogP contribution < -0.4 is 0 Å². The Balaban J connectivity index is 2.89. The van der Waals surface area contributed by atoms with E-state index in [1.807, 2.05) is 19.1 Å². The van der Waals surface area contributed by atoms with Gasteiger partial charge in [0, 0.05) is 21.4 Å². The van der Waals surface area contributed by atoms with E-state index < -0.39 is 0 Å². The zero-order valence-electron chi connectivity index (χ0n) is 6.56. The lowest BCUT2D eigenvalue weighted by Gasteiger charge is -1.97. The van der Waals surface area contributed by atoms with Crippen LogP contribution in [0, 0.1) is 6.92 Å². The second-order valence-corrected chi connectivity index (χ2v) is 3.64. The van der Waals surface area contributed by atoms with Gasteiger partial charge < -0.3 is 10.1 Å². The van der Waals surface area contributed by atoms with Crippen LogP contribution in [0.2, 0.25) is 0 Å². The van der Waals surface area contributed by atoms with Crippen LogP contribution in [0.1, 0.15) is 5.56 Å². The van der Waals surface area contributed by atoms with Gasteiger partial charge in [-0.1, -0.05) is 15.9 Å². The van der Waals surface area contributed by atoms with E-state index in [-0.39, 0.29) is 5.88 Å². The van der Waals surface area contributed by atoms with Gasteiger partial charge in [0.1, 0.15) is 0 Å². The van der Waals surface area contributed by atoms with Crippen molar-refractivity contribution < 1.29 is 5.11 Å². The Bertz CT molecular complexity index is 433. The van der Waals surface area contributed by atoms with Gasteiger partial charge in [-0.2, -0.15) is 0 Å². The summed E-state index contributed by atoms with van der Waals surface area (Å²) < 4.78 is 1.06. The molecule has 2 aromatic rings. The minimum absolute atomic E-state index is 0.214. The van der Waals surface area contributed by atoms with Crippen LogP contribution in [0.3, 0.4) is 0 Å². The Morgan fingerprint density at radius 3 is 2.92 bits per heavy atom. The van der Waals surface area contributed by atoms with Crippen molar-refractivity contribution in [3.8, 4) is 5.88 Å². The Morgan fingerprint density at radius 1 is 1.42 bits per heavy atom. The lowest BCUT2D eigenvalue weighted by Crippen LogP contribution is -1.75. The predicted molar refractivity (Wildman–Crippen MR) is 52.4 cm³/mol. The molecule has 0 saturated heterocycles. The molecule has 1 heterocycles. The van der Waals surface area contributed by atoms with Gasteiger partial charge in [-0.05, 0) is 24.6 Å². The van der Waals surface area contributed by atoms with E-state index in [4.69, 9.17) is 0 Å². The molecule has 0 spiro atoms. The molecule has 0 fully saturated rings. The third kappa shape index (κ3) is 1.01. The molecule has 62 valence electrons. The van der Waals surface area contributed by atoms with Crippen molar-refractivity contribution in [2.75, 3.05) is 0 Å². The molecule has 2 nitrogen and oxygen atoms in total. The second kappa shape index (κ2) is 2.52. The number of rotatable bonds is 0. The second-order valence-electron chi connectivity index (χ2n) is 2.79. The molecule has 3 heteroatoms. The zero-order valence-corrected chi connectivity index (χ0v) is 8.14. The van der Waals surface area contributed by atoms with Crippen LogP contribution in [0.5, 0.6) is 5.88 Å². The molecule has 0 aliphatic rings. The summed E-state index contributed by atoms with van der Waals surface area (Å²) in [5, 5.41) is 10.3. The molecule has 2 rings (SSSR count). The first-order chi connectivity index (χ1) is 5.68. The van der Waals surface area contributed by atoms with Gasteiger partial charge in [-0.3, -0.25) is 0 Å². The number of hydrogen-bond donors (Lipinski definition) is 2. The third-order valence-electron chi connectivity index (χ3n) is 1.99. The average Bonchev–Trinajstić information content (AvgIpc) is 2.39. The molecule has 0 unspecified atom stereocenters. The van der Waals surface area contributed by atoms with E-state index >= 15 is 0 Å². The van der Waals surface area contributed by atoms with Crippen LogP contribution in [0.4, 0.5) is 0 Å². The molecule has 0 aliphatic heterocycles. The van der Waals surface area contributed by atoms with Crippen LogP contribution in [0.15, 0.2) is 22.7 Å². The van der Waals surface area contributed by atoms with Crippen molar-refractivity contribution in [2.45, 2.75) is 6.92 Å². The number of aryl methyl sites for hydroxylation is 1. The lowest BCUT2D eigenvalue weighted by molar-refractivity contribution is 0.458. The normalized spacial score (nSPS) is 10.8. The summed E-state index contributed by atoms with van der Waals surface area (Å²) in [7, 11) is 0. The minimum atomic E-state index is 0.214. The highest BCUT2D eigenvalue weighted by molar-refractivity contribution is 9.10. The molecule has 0 bridgehead atoms. The molecular weight excluding hydrogens is 218 g/mol. The van der Waals surface area contributed by atoms with Crippen LogP contribution in [0.25, 0.3) is 10.9 Å². The van der Waals surface area contributed by atoms with E-state index in [1.165, 1.54) is 0 Å². The maximum atomic E-state index is 9.20. The summed E-state index contributed by atoms with van der Waals surface area (Å²) in [6, 6.07) is 5.63. The minimum Gasteiger partial charge on any atom is -0.495 e. The summed E-state index contributed by atoms with van der Waals surface area (Å²) in [5.74, 6) is 0.214. The number of halogens is 1. The first-order valence-corrected chi connectivity index (χ1v) is 4.44. The Kier molecular flexibility index (Phi) is 1.61. The van der Waals surface area contributed by atoms with Crippen molar-refractivity contribution in [1.82, 2.24) is 4.98 Å². The van der Waals surface area contributed by atoms with E-state index in [0.717, 1.165) is 20.9 Å². The van der Waals surface area contributed by atoms with Crippen molar-refractivity contribution >= 4 is 26.8 Å². The van der Waals surface area contributed by atoms with Gasteiger partial charge in [0.15, 0.2) is 5.88 Å². The van der Waals surface area contributed by atoms with Crippen LogP contribution in [-0.4, -0.2) is 10.1 Å².